The molecule has 12 heavy (non-hydrogen) atoms. The van der Waals surface area contributed by atoms with E-state index in [0.717, 1.165) is 0 Å². The van der Waals surface area contributed by atoms with E-state index in [-0.39, 0.29) is 0 Å². The number of nitrogens with zero attached hydrogens (tertiary/aromatic N) is 3. The second kappa shape index (κ2) is 5.75. The quantitative estimate of drug-likeness (QED) is 0.408. The monoisotopic (exact) mass is 213 g/mol. The second-order valence-electron chi connectivity index (χ2n) is 1.50. The normalized spacial score (nSPS) is 12.3. The van der Waals surface area contributed by atoms with Crippen LogP contribution in [0, 0.1) is 0 Å². The molecular formula is C6H3N3S3. The van der Waals surface area contributed by atoms with Crippen molar-refractivity contribution >= 4 is 52.1 Å². The summed E-state index contributed by atoms with van der Waals surface area (Å²) in [7, 11) is 0. The van der Waals surface area contributed by atoms with Crippen LogP contribution >= 0.6 is 36.7 Å². The minimum atomic E-state index is -1.31. The lowest BCUT2D eigenvalue weighted by atomic mass is 10.4. The molecule has 0 aliphatic rings. The summed E-state index contributed by atoms with van der Waals surface area (Å²) < 4.78 is 0. The Bertz CT molecular complexity index is 271. The average molecular weight is 213 g/mol. The smallest absolute Gasteiger partial charge is 0.173 e. The van der Waals surface area contributed by atoms with Crippen molar-refractivity contribution in [3.8, 4) is 0 Å². The van der Waals surface area contributed by atoms with Crippen molar-refractivity contribution in [2.24, 2.45) is 15.0 Å². The molecule has 0 aliphatic heterocycles. The van der Waals surface area contributed by atoms with Gasteiger partial charge in [0.1, 0.15) is 0 Å². The lowest BCUT2D eigenvalue weighted by Crippen LogP contribution is -2.15. The molecule has 6 heteroatoms. The molecule has 0 saturated heterocycles. The van der Waals surface area contributed by atoms with Crippen molar-refractivity contribution in [3.63, 3.8) is 0 Å². The Morgan fingerprint density at radius 3 is 1.50 bits per heavy atom. The maximum Gasteiger partial charge on any atom is 0.290 e. The summed E-state index contributed by atoms with van der Waals surface area (Å²) in [5.41, 5.74) is 0. The molecule has 0 heterocycles. The van der Waals surface area contributed by atoms with Crippen LogP contribution in [0.3, 0.4) is 0 Å². The van der Waals surface area contributed by atoms with Crippen LogP contribution in [0.25, 0.3) is 0 Å². The van der Waals surface area contributed by atoms with Crippen molar-refractivity contribution in [1.82, 2.24) is 0 Å². The average Bonchev–Trinajstić information content (AvgIpc) is 2.06. The molecule has 0 aliphatic carbocycles. The number of hydrogen-bond donors (Lipinski definition) is 0. The highest BCUT2D eigenvalue weighted by Gasteiger charge is 2.21. The Kier molecular flexibility index (Phi) is 5.34. The Labute approximate surface area is 85.6 Å². The summed E-state index contributed by atoms with van der Waals surface area (Å²) in [5.74, 6) is -1.31. The van der Waals surface area contributed by atoms with Gasteiger partial charge in [-0.2, -0.15) is 15.0 Å². The number of hydrogen-bond acceptors (Lipinski definition) is 6. The van der Waals surface area contributed by atoms with Crippen LogP contribution in [0.2, 0.25) is 0 Å². The van der Waals surface area contributed by atoms with Gasteiger partial charge in [0.15, 0.2) is 0 Å². The first-order valence-electron chi connectivity index (χ1n) is 2.65. The predicted molar refractivity (Wildman–Crippen MR) is 58.0 cm³/mol. The number of isothiocyanates is 3. The zero-order valence-corrected chi connectivity index (χ0v) is 8.30. The molecule has 0 unspecified atom stereocenters. The van der Waals surface area contributed by atoms with Crippen molar-refractivity contribution in [2.75, 3.05) is 0 Å². The molecule has 0 rings (SSSR count). The van der Waals surface area contributed by atoms with E-state index in [4.69, 9.17) is 0 Å². The number of thiocarbonyl (C=S) groups is 3. The summed E-state index contributed by atoms with van der Waals surface area (Å²) in [6.07, 6.45) is 1.31. The molecule has 0 aromatic carbocycles. The Morgan fingerprint density at radius 1 is 1.00 bits per heavy atom. The van der Waals surface area contributed by atoms with Crippen LogP contribution in [0.15, 0.2) is 27.6 Å². The highest BCUT2D eigenvalue weighted by atomic mass is 32.1. The largest absolute Gasteiger partial charge is 0.290 e. The van der Waals surface area contributed by atoms with E-state index in [9.17, 15) is 0 Å². The first kappa shape index (κ1) is 11.1. The third-order valence-electron chi connectivity index (χ3n) is 0.904. The van der Waals surface area contributed by atoms with Crippen LogP contribution in [0.1, 0.15) is 0 Å². The lowest BCUT2D eigenvalue weighted by molar-refractivity contribution is 0.608. The summed E-state index contributed by atoms with van der Waals surface area (Å²) in [6, 6.07) is 0. The van der Waals surface area contributed by atoms with Crippen LogP contribution in [-0.2, 0) is 0 Å². The minimum absolute atomic E-state index is 1.31. The van der Waals surface area contributed by atoms with Gasteiger partial charge < -0.3 is 0 Å². The van der Waals surface area contributed by atoms with E-state index >= 15 is 0 Å². The van der Waals surface area contributed by atoms with Gasteiger partial charge in [-0.15, -0.1) is 0 Å². The van der Waals surface area contributed by atoms with E-state index in [1.807, 2.05) is 0 Å². The minimum Gasteiger partial charge on any atom is -0.173 e. The van der Waals surface area contributed by atoms with E-state index in [1.54, 1.807) is 0 Å². The summed E-state index contributed by atoms with van der Waals surface area (Å²) in [4.78, 5) is 10.8. The molecule has 0 N–H and O–H groups in total. The Morgan fingerprint density at radius 2 is 1.33 bits per heavy atom. The first-order valence-corrected chi connectivity index (χ1v) is 3.88. The standard InChI is InChI=1S/C6H3N3S3/c1-2-6(7-3-10,8-4-11)9-5-12/h2H,1H2. The van der Waals surface area contributed by atoms with Gasteiger partial charge in [-0.25, -0.2) is 0 Å². The van der Waals surface area contributed by atoms with E-state index in [1.165, 1.54) is 6.08 Å². The molecule has 0 fully saturated rings. The van der Waals surface area contributed by atoms with Gasteiger partial charge in [-0.1, -0.05) is 6.58 Å². The zero-order chi connectivity index (χ0) is 9.45. The molecular weight excluding hydrogens is 210 g/mol. The highest BCUT2D eigenvalue weighted by molar-refractivity contribution is 7.78. The van der Waals surface area contributed by atoms with Gasteiger partial charge in [0, 0.05) is 0 Å². The van der Waals surface area contributed by atoms with E-state index < -0.39 is 5.79 Å². The molecule has 0 saturated carbocycles. The third kappa shape index (κ3) is 3.03. The van der Waals surface area contributed by atoms with Crippen LogP contribution < -0.4 is 0 Å². The van der Waals surface area contributed by atoms with Gasteiger partial charge in [0.25, 0.3) is 5.79 Å². The molecule has 0 atom stereocenters. The van der Waals surface area contributed by atoms with E-state index in [0.29, 0.717) is 0 Å². The fraction of sp³-hybridized carbons (Fsp3) is 0.167. The highest BCUT2D eigenvalue weighted by Crippen LogP contribution is 2.14. The van der Waals surface area contributed by atoms with Crippen molar-refractivity contribution in [2.45, 2.75) is 5.79 Å². The third-order valence-corrected chi connectivity index (χ3v) is 1.18. The van der Waals surface area contributed by atoms with Crippen LogP contribution in [-0.4, -0.2) is 21.3 Å². The van der Waals surface area contributed by atoms with Gasteiger partial charge >= 0.3 is 0 Å². The SMILES string of the molecule is C=CC(N=C=S)(N=C=S)N=C=S. The summed E-state index contributed by atoms with van der Waals surface area (Å²) in [6.45, 7) is 3.45. The maximum atomic E-state index is 4.39. The van der Waals surface area contributed by atoms with Crippen molar-refractivity contribution in [3.05, 3.63) is 12.7 Å². The maximum absolute atomic E-state index is 4.39. The Hall–Kier alpha value is -0.860. The fourth-order valence-corrected chi connectivity index (χ4v) is 0.817. The molecule has 60 valence electrons. The second-order valence-corrected chi connectivity index (χ2v) is 2.05. The molecule has 0 amide bonds. The van der Waals surface area contributed by atoms with Crippen LogP contribution in [0.5, 0.6) is 0 Å². The lowest BCUT2D eigenvalue weighted by Gasteiger charge is -2.08. The zero-order valence-electron chi connectivity index (χ0n) is 5.85. The van der Waals surface area contributed by atoms with Crippen molar-refractivity contribution < 1.29 is 0 Å². The first-order chi connectivity index (χ1) is 5.74. The fourth-order valence-electron chi connectivity index (χ4n) is 0.413. The van der Waals surface area contributed by atoms with Gasteiger partial charge in [-0.05, 0) is 42.7 Å². The number of rotatable bonds is 4. The Balaban J connectivity index is 5.28. The predicted octanol–water partition coefficient (Wildman–Crippen LogP) is 2.13. The number of aliphatic imine (C=N–C) groups is 3. The van der Waals surface area contributed by atoms with Gasteiger partial charge in [-0.3, -0.25) is 0 Å². The molecule has 0 aromatic heterocycles. The molecule has 0 aromatic rings. The van der Waals surface area contributed by atoms with Crippen LogP contribution in [0.4, 0.5) is 0 Å². The summed E-state index contributed by atoms with van der Waals surface area (Å²) >= 11 is 13.2. The molecule has 0 bridgehead atoms. The summed E-state index contributed by atoms with van der Waals surface area (Å²) in [5, 5.41) is 6.32. The van der Waals surface area contributed by atoms with Gasteiger partial charge in [0.2, 0.25) is 0 Å². The van der Waals surface area contributed by atoms with E-state index in [2.05, 4.69) is 73.7 Å². The molecule has 0 spiro atoms. The molecule has 0 radical (unpaired) electrons. The van der Waals surface area contributed by atoms with Crippen molar-refractivity contribution in [1.29, 1.82) is 0 Å². The topological polar surface area (TPSA) is 37.1 Å². The molecule has 3 nitrogen and oxygen atoms in total. The van der Waals surface area contributed by atoms with Gasteiger partial charge in [0.05, 0.1) is 15.5 Å².